The topological polar surface area (TPSA) is 101 Å². The number of imide groups is 1. The highest BCUT2D eigenvalue weighted by molar-refractivity contribution is 6.10. The number of H-pyrrole nitrogens is 1. The zero-order valence-electron chi connectivity index (χ0n) is 10.3. The number of benzene rings is 1. The van der Waals surface area contributed by atoms with E-state index < -0.39 is 11.8 Å². The van der Waals surface area contributed by atoms with Gasteiger partial charge in [0.05, 0.1) is 11.8 Å². The summed E-state index contributed by atoms with van der Waals surface area (Å²) in [6.45, 7) is 0. The smallest absolute Gasteiger partial charge is 0.274 e. The third-order valence-electron chi connectivity index (χ3n) is 2.88. The Morgan fingerprint density at radius 2 is 1.85 bits per heavy atom. The van der Waals surface area contributed by atoms with Crippen LogP contribution in [0.4, 0.5) is 5.69 Å². The summed E-state index contributed by atoms with van der Waals surface area (Å²) in [4.78, 5) is 26.7. The van der Waals surface area contributed by atoms with Gasteiger partial charge in [-0.2, -0.15) is 0 Å². The molecule has 0 bridgehead atoms. The van der Waals surface area contributed by atoms with Crippen LogP contribution >= 0.6 is 0 Å². The van der Waals surface area contributed by atoms with Crippen LogP contribution in [0.3, 0.4) is 0 Å². The third kappa shape index (κ3) is 2.14. The van der Waals surface area contributed by atoms with Crippen LogP contribution in [0.25, 0.3) is 11.1 Å². The monoisotopic (exact) mass is 269 g/mol. The Bertz CT molecular complexity index is 755. The van der Waals surface area contributed by atoms with E-state index in [4.69, 9.17) is 10.2 Å². The molecule has 20 heavy (non-hydrogen) atoms. The first-order valence-electron chi connectivity index (χ1n) is 5.91. The minimum atomic E-state index is -0.516. The van der Waals surface area contributed by atoms with Gasteiger partial charge in [-0.3, -0.25) is 14.9 Å². The molecule has 0 fully saturated rings. The molecule has 2 heterocycles. The van der Waals surface area contributed by atoms with Gasteiger partial charge in [-0.05, 0) is 24.3 Å². The number of nitrogens with one attached hydrogen (secondary N) is 2. The van der Waals surface area contributed by atoms with Gasteiger partial charge < -0.3 is 15.1 Å². The van der Waals surface area contributed by atoms with E-state index in [-0.39, 0.29) is 5.69 Å². The molecule has 100 valence electrons. The first-order valence-corrected chi connectivity index (χ1v) is 5.91. The van der Waals surface area contributed by atoms with Crippen LogP contribution in [-0.2, 0) is 0 Å². The Kier molecular flexibility index (Phi) is 2.76. The van der Waals surface area contributed by atoms with Crippen molar-refractivity contribution in [3.05, 3.63) is 53.9 Å². The van der Waals surface area contributed by atoms with Crippen LogP contribution in [0.5, 0.6) is 0 Å². The predicted octanol–water partition coefficient (Wildman–Crippen LogP) is 1.91. The zero-order valence-corrected chi connectivity index (χ0v) is 10.3. The second-order valence-corrected chi connectivity index (χ2v) is 4.29. The highest BCUT2D eigenvalue weighted by atomic mass is 16.3. The van der Waals surface area contributed by atoms with E-state index in [1.807, 2.05) is 0 Å². The van der Waals surface area contributed by atoms with Crippen LogP contribution in [0.15, 0.2) is 47.1 Å². The fourth-order valence-corrected chi connectivity index (χ4v) is 1.85. The summed E-state index contributed by atoms with van der Waals surface area (Å²) in [5.74, 6) is -1.00. The number of nitrogen functional groups attached to an aromatic ring is 1. The fourth-order valence-electron chi connectivity index (χ4n) is 1.85. The molecule has 2 aromatic heterocycles. The molecular weight excluding hydrogens is 258 g/mol. The Hall–Kier alpha value is -3.02. The summed E-state index contributed by atoms with van der Waals surface area (Å²) in [6.07, 6.45) is 1.52. The van der Waals surface area contributed by atoms with E-state index in [9.17, 15) is 9.59 Å². The van der Waals surface area contributed by atoms with Crippen LogP contribution in [0.1, 0.15) is 20.8 Å². The number of fused-ring (bicyclic) bond motifs is 1. The average molecular weight is 269 g/mol. The molecule has 0 unspecified atom stereocenters. The lowest BCUT2D eigenvalue weighted by Gasteiger charge is -2.03. The molecule has 2 amide bonds. The van der Waals surface area contributed by atoms with Crippen molar-refractivity contribution in [1.82, 2.24) is 10.3 Å². The lowest BCUT2D eigenvalue weighted by Crippen LogP contribution is -2.30. The van der Waals surface area contributed by atoms with Gasteiger partial charge in [-0.1, -0.05) is 0 Å². The van der Waals surface area contributed by atoms with E-state index in [0.717, 1.165) is 0 Å². The summed E-state index contributed by atoms with van der Waals surface area (Å²) in [6, 6.07) is 9.55. The van der Waals surface area contributed by atoms with Crippen molar-refractivity contribution < 1.29 is 14.0 Å². The number of nitrogens with two attached hydrogens (primary N) is 1. The molecule has 0 aliphatic heterocycles. The Morgan fingerprint density at radius 1 is 1.10 bits per heavy atom. The number of carbonyl (C=O) groups excluding carboxylic acids is 2. The number of aromatic nitrogens is 1. The van der Waals surface area contributed by atoms with Crippen molar-refractivity contribution in [3.8, 4) is 0 Å². The number of hydrogen-bond donors (Lipinski definition) is 3. The molecule has 0 saturated carbocycles. The van der Waals surface area contributed by atoms with Crippen LogP contribution in [0, 0.1) is 0 Å². The van der Waals surface area contributed by atoms with Gasteiger partial charge in [0.15, 0.2) is 5.58 Å². The number of hydrogen-bond acceptors (Lipinski definition) is 4. The Balaban J connectivity index is 1.76. The van der Waals surface area contributed by atoms with Gasteiger partial charge in [0, 0.05) is 23.4 Å². The molecule has 6 nitrogen and oxygen atoms in total. The van der Waals surface area contributed by atoms with Crippen LogP contribution in [-0.4, -0.2) is 16.8 Å². The summed E-state index contributed by atoms with van der Waals surface area (Å²) < 4.78 is 5.14. The molecule has 1 aromatic carbocycles. The summed E-state index contributed by atoms with van der Waals surface area (Å²) in [5.41, 5.74) is 7.99. The molecule has 0 atom stereocenters. The molecule has 0 spiro atoms. The molecular formula is C14H11N3O3. The number of carbonyl (C=O) groups is 2. The number of anilines is 1. The number of rotatable bonds is 2. The number of aromatic amines is 1. The highest BCUT2D eigenvalue weighted by Crippen LogP contribution is 2.16. The minimum absolute atomic E-state index is 0.267. The van der Waals surface area contributed by atoms with E-state index in [2.05, 4.69) is 10.3 Å². The van der Waals surface area contributed by atoms with Gasteiger partial charge in [-0.15, -0.1) is 0 Å². The average Bonchev–Trinajstić information content (AvgIpc) is 2.99. The summed E-state index contributed by atoms with van der Waals surface area (Å²) in [5, 5.41) is 2.29. The maximum atomic E-state index is 11.9. The van der Waals surface area contributed by atoms with Crippen LogP contribution < -0.4 is 11.1 Å². The highest BCUT2D eigenvalue weighted by Gasteiger charge is 2.15. The lowest BCUT2D eigenvalue weighted by molar-refractivity contribution is 0.0847. The number of furan rings is 1. The fraction of sp³-hybridized carbons (Fsp3) is 0. The third-order valence-corrected chi connectivity index (χ3v) is 2.88. The summed E-state index contributed by atoms with van der Waals surface area (Å²) in [7, 11) is 0. The zero-order chi connectivity index (χ0) is 14.1. The van der Waals surface area contributed by atoms with E-state index in [0.29, 0.717) is 22.4 Å². The van der Waals surface area contributed by atoms with Crippen molar-refractivity contribution in [1.29, 1.82) is 0 Å². The van der Waals surface area contributed by atoms with Gasteiger partial charge in [-0.25, -0.2) is 0 Å². The minimum Gasteiger partial charge on any atom is -0.463 e. The van der Waals surface area contributed by atoms with Crippen molar-refractivity contribution in [3.63, 3.8) is 0 Å². The van der Waals surface area contributed by atoms with Gasteiger partial charge >= 0.3 is 0 Å². The van der Waals surface area contributed by atoms with E-state index >= 15 is 0 Å². The van der Waals surface area contributed by atoms with Gasteiger partial charge in [0.1, 0.15) is 5.69 Å². The molecule has 0 saturated heterocycles. The molecule has 6 heteroatoms. The second kappa shape index (κ2) is 4.58. The second-order valence-electron chi connectivity index (χ2n) is 4.29. The quantitative estimate of drug-likeness (QED) is 0.488. The van der Waals surface area contributed by atoms with Crippen molar-refractivity contribution in [2.75, 3.05) is 5.73 Å². The Labute approximate surface area is 113 Å². The van der Waals surface area contributed by atoms with Crippen molar-refractivity contribution in [2.45, 2.75) is 0 Å². The van der Waals surface area contributed by atoms with Crippen molar-refractivity contribution in [2.24, 2.45) is 0 Å². The maximum absolute atomic E-state index is 11.9. The lowest BCUT2D eigenvalue weighted by atomic mass is 10.2. The van der Waals surface area contributed by atoms with E-state index in [1.54, 1.807) is 36.4 Å². The molecule has 0 aliphatic carbocycles. The molecule has 4 N–H and O–H groups in total. The molecule has 3 rings (SSSR count). The van der Waals surface area contributed by atoms with E-state index in [1.165, 1.54) is 6.26 Å². The summed E-state index contributed by atoms with van der Waals surface area (Å²) >= 11 is 0. The first-order chi connectivity index (χ1) is 9.63. The molecule has 0 aliphatic rings. The predicted molar refractivity (Wildman–Crippen MR) is 73.2 cm³/mol. The Morgan fingerprint density at radius 3 is 2.55 bits per heavy atom. The normalized spacial score (nSPS) is 10.6. The molecule has 3 aromatic rings. The van der Waals surface area contributed by atoms with Gasteiger partial charge in [0.2, 0.25) is 0 Å². The SMILES string of the molecule is Nc1ccc(C(=O)NC(=O)c2cc3occc3[nH]2)cc1. The molecule has 0 radical (unpaired) electrons. The standard InChI is InChI=1S/C14H11N3O3/c15-9-3-1-8(2-4-9)13(18)17-14(19)11-7-12-10(16-11)5-6-20-12/h1-7,16H,15H2,(H,17,18,19). The van der Waals surface area contributed by atoms with Gasteiger partial charge in [0.25, 0.3) is 11.8 Å². The van der Waals surface area contributed by atoms with Crippen molar-refractivity contribution >= 4 is 28.6 Å². The number of amides is 2. The maximum Gasteiger partial charge on any atom is 0.274 e. The first kappa shape index (κ1) is 12.0. The van der Waals surface area contributed by atoms with Crippen LogP contribution in [0.2, 0.25) is 0 Å². The largest absolute Gasteiger partial charge is 0.463 e.